The van der Waals surface area contributed by atoms with E-state index in [4.69, 9.17) is 9.47 Å². The second kappa shape index (κ2) is 6.10. The average Bonchev–Trinajstić information content (AvgIpc) is 2.26. The van der Waals surface area contributed by atoms with Crippen LogP contribution in [0.5, 0.6) is 5.75 Å². The predicted octanol–water partition coefficient (Wildman–Crippen LogP) is 2.20. The van der Waals surface area contributed by atoms with Crippen molar-refractivity contribution < 1.29 is 17.9 Å². The molecular formula is C14H23NO4S. The molecule has 6 heteroatoms. The molecule has 0 aliphatic carbocycles. The first-order chi connectivity index (χ1) is 9.05. The van der Waals surface area contributed by atoms with Gasteiger partial charge in [-0.05, 0) is 6.92 Å². The lowest BCUT2D eigenvalue weighted by Crippen LogP contribution is -2.21. The topological polar surface area (TPSA) is 65.5 Å². The second-order valence-corrected chi connectivity index (χ2v) is 7.91. The van der Waals surface area contributed by atoms with Crippen molar-refractivity contribution in [1.29, 1.82) is 0 Å². The van der Waals surface area contributed by atoms with E-state index < -0.39 is 9.84 Å². The number of methoxy groups -OCH3 is 1. The van der Waals surface area contributed by atoms with Gasteiger partial charge in [0, 0.05) is 24.8 Å². The predicted molar refractivity (Wildman–Crippen MR) is 78.0 cm³/mol. The number of hydrogen-bond donors (Lipinski definition) is 0. The standard InChI is InChI=1S/C14H23NO4S/c1-10(9-18-5)19-11-7-12(20(6,16)17)13(15-8-11)14(2,3)4/h7-8,10H,9H2,1-6H3. The van der Waals surface area contributed by atoms with Crippen molar-refractivity contribution in [2.45, 2.75) is 44.1 Å². The third kappa shape index (κ3) is 4.45. The molecule has 0 radical (unpaired) electrons. The third-order valence-corrected chi connectivity index (χ3v) is 3.79. The van der Waals surface area contributed by atoms with Crippen LogP contribution in [-0.4, -0.2) is 39.5 Å². The molecule has 0 saturated carbocycles. The Kier molecular flexibility index (Phi) is 5.15. The molecule has 1 heterocycles. The first-order valence-electron chi connectivity index (χ1n) is 6.42. The summed E-state index contributed by atoms with van der Waals surface area (Å²) in [6.45, 7) is 8.06. The van der Waals surface area contributed by atoms with Crippen LogP contribution in [0.2, 0.25) is 0 Å². The van der Waals surface area contributed by atoms with Crippen LogP contribution >= 0.6 is 0 Å². The van der Waals surface area contributed by atoms with Crippen molar-refractivity contribution in [3.05, 3.63) is 18.0 Å². The number of ether oxygens (including phenoxy) is 2. The van der Waals surface area contributed by atoms with Gasteiger partial charge in [0.2, 0.25) is 0 Å². The zero-order chi connectivity index (χ0) is 15.6. The van der Waals surface area contributed by atoms with E-state index in [9.17, 15) is 8.42 Å². The number of pyridine rings is 1. The second-order valence-electron chi connectivity index (χ2n) is 5.92. The van der Waals surface area contributed by atoms with Gasteiger partial charge in [-0.15, -0.1) is 0 Å². The Bertz CT molecular complexity index is 561. The lowest BCUT2D eigenvalue weighted by Gasteiger charge is -2.22. The van der Waals surface area contributed by atoms with Gasteiger partial charge in [0.15, 0.2) is 9.84 Å². The van der Waals surface area contributed by atoms with Gasteiger partial charge >= 0.3 is 0 Å². The van der Waals surface area contributed by atoms with Gasteiger partial charge in [-0.25, -0.2) is 8.42 Å². The highest BCUT2D eigenvalue weighted by Gasteiger charge is 2.25. The Hall–Kier alpha value is -1.14. The minimum atomic E-state index is -3.36. The van der Waals surface area contributed by atoms with Gasteiger partial charge in [-0.1, -0.05) is 20.8 Å². The number of hydrogen-bond acceptors (Lipinski definition) is 5. The molecule has 0 aliphatic heterocycles. The highest BCUT2D eigenvalue weighted by molar-refractivity contribution is 7.90. The normalized spacial score (nSPS) is 14.1. The molecule has 1 aromatic rings. The molecule has 0 aliphatic rings. The van der Waals surface area contributed by atoms with E-state index in [1.165, 1.54) is 12.3 Å². The Balaban J connectivity index is 3.23. The number of nitrogens with zero attached hydrogens (tertiary/aromatic N) is 1. The maximum absolute atomic E-state index is 11.9. The van der Waals surface area contributed by atoms with Crippen molar-refractivity contribution in [2.24, 2.45) is 0 Å². The molecule has 1 atom stereocenters. The molecule has 0 fully saturated rings. The van der Waals surface area contributed by atoms with Crippen LogP contribution in [0, 0.1) is 0 Å². The van der Waals surface area contributed by atoms with Gasteiger partial charge < -0.3 is 9.47 Å². The summed E-state index contributed by atoms with van der Waals surface area (Å²) in [7, 11) is -1.77. The van der Waals surface area contributed by atoms with E-state index in [-0.39, 0.29) is 16.4 Å². The lowest BCUT2D eigenvalue weighted by molar-refractivity contribution is 0.0916. The van der Waals surface area contributed by atoms with E-state index in [2.05, 4.69) is 4.98 Å². The fourth-order valence-electron chi connectivity index (χ4n) is 1.84. The minimum absolute atomic E-state index is 0.172. The largest absolute Gasteiger partial charge is 0.487 e. The molecule has 1 aromatic heterocycles. The first kappa shape index (κ1) is 16.9. The molecule has 20 heavy (non-hydrogen) atoms. The summed E-state index contributed by atoms with van der Waals surface area (Å²) in [5, 5.41) is 0. The highest BCUT2D eigenvalue weighted by Crippen LogP contribution is 2.29. The summed E-state index contributed by atoms with van der Waals surface area (Å²) in [5.41, 5.74) is 0.196. The Morgan fingerprint density at radius 2 is 1.95 bits per heavy atom. The summed E-state index contributed by atoms with van der Waals surface area (Å²) in [6, 6.07) is 1.54. The maximum atomic E-state index is 11.9. The van der Waals surface area contributed by atoms with Crippen molar-refractivity contribution in [2.75, 3.05) is 20.0 Å². The summed E-state index contributed by atoms with van der Waals surface area (Å²) < 4.78 is 34.5. The van der Waals surface area contributed by atoms with Crippen LogP contribution in [0.4, 0.5) is 0 Å². The van der Waals surface area contributed by atoms with Crippen LogP contribution in [0.1, 0.15) is 33.4 Å². The quantitative estimate of drug-likeness (QED) is 0.834. The third-order valence-electron chi connectivity index (χ3n) is 2.68. The first-order valence-corrected chi connectivity index (χ1v) is 8.31. The smallest absolute Gasteiger partial charge is 0.177 e. The van der Waals surface area contributed by atoms with Gasteiger partial charge in [0.25, 0.3) is 0 Å². The van der Waals surface area contributed by atoms with Crippen LogP contribution in [-0.2, 0) is 20.0 Å². The molecule has 114 valence electrons. The SMILES string of the molecule is COCC(C)Oc1cnc(C(C)(C)C)c(S(C)(=O)=O)c1. The molecule has 0 aromatic carbocycles. The van der Waals surface area contributed by atoms with Crippen LogP contribution < -0.4 is 4.74 Å². The Morgan fingerprint density at radius 3 is 2.40 bits per heavy atom. The minimum Gasteiger partial charge on any atom is -0.487 e. The number of aromatic nitrogens is 1. The molecule has 0 amide bonds. The highest BCUT2D eigenvalue weighted by atomic mass is 32.2. The van der Waals surface area contributed by atoms with E-state index in [0.29, 0.717) is 18.1 Å². The monoisotopic (exact) mass is 301 g/mol. The van der Waals surface area contributed by atoms with Crippen LogP contribution in [0.3, 0.4) is 0 Å². The lowest BCUT2D eigenvalue weighted by atomic mass is 9.91. The van der Waals surface area contributed by atoms with Gasteiger partial charge in [-0.3, -0.25) is 4.98 Å². The Labute approximate surface area is 121 Å². The van der Waals surface area contributed by atoms with Crippen molar-refractivity contribution in [1.82, 2.24) is 4.98 Å². The fourth-order valence-corrected chi connectivity index (χ4v) is 2.88. The van der Waals surface area contributed by atoms with Gasteiger partial charge in [-0.2, -0.15) is 0 Å². The van der Waals surface area contributed by atoms with Crippen LogP contribution in [0.15, 0.2) is 17.2 Å². The maximum Gasteiger partial charge on any atom is 0.177 e. The number of sulfone groups is 1. The average molecular weight is 301 g/mol. The summed E-state index contributed by atoms with van der Waals surface area (Å²) in [5.74, 6) is 0.433. The fraction of sp³-hybridized carbons (Fsp3) is 0.643. The molecule has 0 N–H and O–H groups in total. The molecule has 0 saturated heterocycles. The van der Waals surface area contributed by atoms with Crippen molar-refractivity contribution >= 4 is 9.84 Å². The van der Waals surface area contributed by atoms with E-state index in [1.54, 1.807) is 13.3 Å². The summed E-state index contributed by atoms with van der Waals surface area (Å²) in [6.07, 6.45) is 2.57. The molecule has 0 bridgehead atoms. The molecular weight excluding hydrogens is 278 g/mol. The van der Waals surface area contributed by atoms with Gasteiger partial charge in [0.05, 0.1) is 23.4 Å². The Morgan fingerprint density at radius 1 is 1.35 bits per heavy atom. The molecule has 1 rings (SSSR count). The van der Waals surface area contributed by atoms with Gasteiger partial charge in [0.1, 0.15) is 11.9 Å². The van der Waals surface area contributed by atoms with E-state index in [0.717, 1.165) is 0 Å². The molecule has 5 nitrogen and oxygen atoms in total. The zero-order valence-corrected chi connectivity index (χ0v) is 13.7. The zero-order valence-electron chi connectivity index (χ0n) is 12.9. The molecule has 0 spiro atoms. The van der Waals surface area contributed by atoms with Crippen molar-refractivity contribution in [3.63, 3.8) is 0 Å². The summed E-state index contributed by atoms with van der Waals surface area (Å²) >= 11 is 0. The summed E-state index contributed by atoms with van der Waals surface area (Å²) in [4.78, 5) is 4.50. The van der Waals surface area contributed by atoms with E-state index in [1.807, 2.05) is 27.7 Å². The van der Waals surface area contributed by atoms with Crippen LogP contribution in [0.25, 0.3) is 0 Å². The molecule has 1 unspecified atom stereocenters. The van der Waals surface area contributed by atoms with Crippen molar-refractivity contribution in [3.8, 4) is 5.75 Å². The number of rotatable bonds is 5. The van der Waals surface area contributed by atoms with E-state index >= 15 is 0 Å².